The molecule has 0 saturated carbocycles. The maximum absolute atomic E-state index is 14.0. The summed E-state index contributed by atoms with van der Waals surface area (Å²) in [6, 6.07) is 15.3. The van der Waals surface area contributed by atoms with Crippen LogP contribution in [0.4, 0.5) is 4.39 Å². The number of aromatic hydroxyl groups is 1. The zero-order valence-electron chi connectivity index (χ0n) is 15.9. The van der Waals surface area contributed by atoms with Gasteiger partial charge in [-0.3, -0.25) is 4.79 Å². The van der Waals surface area contributed by atoms with Gasteiger partial charge in [-0.15, -0.1) is 0 Å². The number of carbonyl (C=O) groups excluding carboxylic acids is 1. The van der Waals surface area contributed by atoms with E-state index in [0.29, 0.717) is 22.6 Å². The molecular weight excluding hydrogens is 411 g/mol. The Morgan fingerprint density at radius 1 is 1.17 bits per heavy atom. The van der Waals surface area contributed by atoms with Gasteiger partial charge in [-0.2, -0.15) is 5.10 Å². The summed E-state index contributed by atoms with van der Waals surface area (Å²) < 4.78 is 25.1. The summed E-state index contributed by atoms with van der Waals surface area (Å²) in [6.45, 7) is -0.118. The molecule has 0 spiro atoms. The first-order valence-electron chi connectivity index (χ1n) is 8.84. The minimum Gasteiger partial charge on any atom is -0.508 e. The van der Waals surface area contributed by atoms with Gasteiger partial charge in [0.1, 0.15) is 18.2 Å². The molecule has 154 valence electrons. The molecule has 3 rings (SSSR count). The second-order valence-corrected chi connectivity index (χ2v) is 6.52. The molecule has 0 fully saturated rings. The van der Waals surface area contributed by atoms with Crippen LogP contribution < -0.4 is 14.9 Å². The van der Waals surface area contributed by atoms with E-state index in [2.05, 4.69) is 10.5 Å². The lowest BCUT2D eigenvalue weighted by Gasteiger charge is -2.14. The summed E-state index contributed by atoms with van der Waals surface area (Å²) in [7, 11) is 1.48. The normalized spacial score (nSPS) is 10.8. The van der Waals surface area contributed by atoms with Gasteiger partial charge in [-0.05, 0) is 48.5 Å². The zero-order chi connectivity index (χ0) is 21.5. The fraction of sp³-hybridized carbons (Fsp3) is 0.0909. The third-order valence-electron chi connectivity index (χ3n) is 4.15. The Hall–Kier alpha value is -3.58. The number of phenolic OH excluding ortho intramolecular Hbond substituents is 1. The summed E-state index contributed by atoms with van der Waals surface area (Å²) in [5, 5.41) is 13.5. The van der Waals surface area contributed by atoms with Gasteiger partial charge in [0.05, 0.1) is 18.3 Å². The standard InChI is InChI=1S/C22H18ClFN2O4/c1-29-20-7-2-4-15(12-25-26-22(28)14-8-10-16(27)11-9-14)21(20)30-13-17-18(23)5-3-6-19(17)24/h2-12,27H,13H2,1H3,(H,26,28)/b25-12+. The van der Waals surface area contributed by atoms with E-state index < -0.39 is 11.7 Å². The molecule has 1 amide bonds. The van der Waals surface area contributed by atoms with Gasteiger partial charge in [0.25, 0.3) is 5.91 Å². The minimum atomic E-state index is -0.478. The number of halogens is 2. The van der Waals surface area contributed by atoms with Crippen LogP contribution in [-0.2, 0) is 6.61 Å². The van der Waals surface area contributed by atoms with Crippen LogP contribution in [0, 0.1) is 5.82 Å². The SMILES string of the molecule is COc1cccc(/C=N/NC(=O)c2ccc(O)cc2)c1OCc1c(F)cccc1Cl. The molecule has 0 atom stereocenters. The van der Waals surface area contributed by atoms with E-state index in [0.717, 1.165) is 0 Å². The fourth-order valence-corrected chi connectivity index (χ4v) is 2.82. The molecule has 0 heterocycles. The first-order chi connectivity index (χ1) is 14.5. The highest BCUT2D eigenvalue weighted by Crippen LogP contribution is 2.32. The number of para-hydroxylation sites is 1. The van der Waals surface area contributed by atoms with E-state index in [1.807, 2.05) is 0 Å². The summed E-state index contributed by atoms with van der Waals surface area (Å²) in [5.41, 5.74) is 3.45. The quantitative estimate of drug-likeness (QED) is 0.428. The molecule has 0 bridgehead atoms. The molecule has 0 aromatic heterocycles. The third-order valence-corrected chi connectivity index (χ3v) is 4.51. The highest BCUT2D eigenvalue weighted by molar-refractivity contribution is 6.31. The summed E-state index contributed by atoms with van der Waals surface area (Å²) >= 11 is 6.05. The molecule has 3 aromatic carbocycles. The Labute approximate surface area is 177 Å². The lowest BCUT2D eigenvalue weighted by atomic mass is 10.2. The molecule has 3 aromatic rings. The molecule has 0 aliphatic rings. The van der Waals surface area contributed by atoms with E-state index in [-0.39, 0.29) is 22.9 Å². The largest absolute Gasteiger partial charge is 0.508 e. The van der Waals surface area contributed by atoms with Crippen LogP contribution >= 0.6 is 11.6 Å². The molecule has 2 N–H and O–H groups in total. The maximum atomic E-state index is 14.0. The summed E-state index contributed by atoms with van der Waals surface area (Å²) in [5.74, 6) is -0.134. The number of methoxy groups -OCH3 is 1. The van der Waals surface area contributed by atoms with Gasteiger partial charge in [0.2, 0.25) is 0 Å². The number of amides is 1. The van der Waals surface area contributed by atoms with Gasteiger partial charge in [-0.25, -0.2) is 9.82 Å². The van der Waals surface area contributed by atoms with Gasteiger partial charge in [0.15, 0.2) is 11.5 Å². The van der Waals surface area contributed by atoms with Crippen LogP contribution in [0.15, 0.2) is 65.8 Å². The average Bonchev–Trinajstić information content (AvgIpc) is 2.74. The summed E-state index contributed by atoms with van der Waals surface area (Å²) in [6.07, 6.45) is 1.39. The molecule has 0 saturated heterocycles. The number of hydrogen-bond donors (Lipinski definition) is 2. The Balaban J connectivity index is 1.77. The Morgan fingerprint density at radius 2 is 1.90 bits per heavy atom. The Bertz CT molecular complexity index is 1050. The number of nitrogens with one attached hydrogen (secondary N) is 1. The van der Waals surface area contributed by atoms with Crippen LogP contribution in [0.2, 0.25) is 5.02 Å². The molecule has 0 aliphatic heterocycles. The number of phenols is 1. The zero-order valence-corrected chi connectivity index (χ0v) is 16.7. The van der Waals surface area contributed by atoms with Crippen molar-refractivity contribution in [3.8, 4) is 17.2 Å². The first-order valence-corrected chi connectivity index (χ1v) is 9.22. The van der Waals surface area contributed by atoms with Crippen molar-refractivity contribution in [1.29, 1.82) is 0 Å². The second kappa shape index (κ2) is 9.76. The van der Waals surface area contributed by atoms with Crippen LogP contribution in [-0.4, -0.2) is 24.3 Å². The number of nitrogens with zero attached hydrogens (tertiary/aromatic N) is 1. The van der Waals surface area contributed by atoms with Crippen molar-refractivity contribution < 1.29 is 23.8 Å². The van der Waals surface area contributed by atoms with Crippen molar-refractivity contribution in [3.63, 3.8) is 0 Å². The Morgan fingerprint density at radius 3 is 2.60 bits per heavy atom. The van der Waals surface area contributed by atoms with Crippen LogP contribution in [0.25, 0.3) is 0 Å². The van der Waals surface area contributed by atoms with Crippen molar-refractivity contribution >= 4 is 23.7 Å². The molecule has 0 unspecified atom stereocenters. The van der Waals surface area contributed by atoms with Crippen molar-refractivity contribution in [2.75, 3.05) is 7.11 Å². The highest BCUT2D eigenvalue weighted by Gasteiger charge is 2.13. The number of hydrogen-bond acceptors (Lipinski definition) is 5. The Kier molecular flexibility index (Phi) is 6.87. The van der Waals surface area contributed by atoms with Gasteiger partial charge in [0, 0.05) is 16.7 Å². The minimum absolute atomic E-state index is 0.0585. The molecule has 6 nitrogen and oxygen atoms in total. The number of carbonyl (C=O) groups is 1. The van der Waals surface area contributed by atoms with E-state index >= 15 is 0 Å². The lowest BCUT2D eigenvalue weighted by Crippen LogP contribution is -2.17. The third kappa shape index (κ3) is 5.07. The average molecular weight is 429 g/mol. The maximum Gasteiger partial charge on any atom is 0.271 e. The van der Waals surface area contributed by atoms with E-state index in [9.17, 15) is 14.3 Å². The molecule has 0 radical (unpaired) electrons. The summed E-state index contributed by atoms with van der Waals surface area (Å²) in [4.78, 5) is 12.1. The predicted molar refractivity (Wildman–Crippen MR) is 112 cm³/mol. The van der Waals surface area contributed by atoms with Crippen molar-refractivity contribution in [2.24, 2.45) is 5.10 Å². The molecular formula is C22H18ClFN2O4. The fourth-order valence-electron chi connectivity index (χ4n) is 2.60. The topological polar surface area (TPSA) is 80.2 Å². The lowest BCUT2D eigenvalue weighted by molar-refractivity contribution is 0.0955. The number of ether oxygens (including phenoxy) is 2. The van der Waals surface area contributed by atoms with Crippen molar-refractivity contribution in [1.82, 2.24) is 5.43 Å². The van der Waals surface area contributed by atoms with Gasteiger partial charge in [-0.1, -0.05) is 23.7 Å². The van der Waals surface area contributed by atoms with Crippen LogP contribution in [0.3, 0.4) is 0 Å². The van der Waals surface area contributed by atoms with E-state index in [1.165, 1.54) is 49.7 Å². The van der Waals surface area contributed by atoms with Crippen molar-refractivity contribution in [3.05, 3.63) is 88.2 Å². The molecule has 0 aliphatic carbocycles. The van der Waals surface area contributed by atoms with E-state index in [4.69, 9.17) is 21.1 Å². The monoisotopic (exact) mass is 428 g/mol. The molecule has 8 heteroatoms. The van der Waals surface area contributed by atoms with Gasteiger partial charge < -0.3 is 14.6 Å². The van der Waals surface area contributed by atoms with E-state index in [1.54, 1.807) is 24.3 Å². The van der Waals surface area contributed by atoms with Gasteiger partial charge >= 0.3 is 0 Å². The predicted octanol–water partition coefficient (Wildman–Crippen LogP) is 4.54. The molecule has 30 heavy (non-hydrogen) atoms. The number of rotatable bonds is 7. The van der Waals surface area contributed by atoms with Crippen LogP contribution in [0.1, 0.15) is 21.5 Å². The first kappa shape index (κ1) is 21.1. The number of hydrazone groups is 1. The smallest absolute Gasteiger partial charge is 0.271 e. The number of benzene rings is 3. The van der Waals surface area contributed by atoms with Crippen molar-refractivity contribution in [2.45, 2.75) is 6.61 Å². The second-order valence-electron chi connectivity index (χ2n) is 6.11. The van der Waals surface area contributed by atoms with Crippen LogP contribution in [0.5, 0.6) is 17.2 Å². The highest BCUT2D eigenvalue weighted by atomic mass is 35.5.